The lowest BCUT2D eigenvalue weighted by Gasteiger charge is -2.15. The van der Waals surface area contributed by atoms with Crippen LogP contribution in [0.4, 0.5) is 5.69 Å². The Morgan fingerprint density at radius 1 is 1.09 bits per heavy atom. The quantitative estimate of drug-likeness (QED) is 0.798. The molecule has 2 aliphatic rings. The van der Waals surface area contributed by atoms with Crippen molar-refractivity contribution in [2.75, 3.05) is 4.90 Å². The van der Waals surface area contributed by atoms with E-state index in [1.165, 1.54) is 4.90 Å². The van der Waals surface area contributed by atoms with Gasteiger partial charge in [-0.3, -0.25) is 14.5 Å². The summed E-state index contributed by atoms with van der Waals surface area (Å²) in [5.41, 5.74) is -0.297. The maximum Gasteiger partial charge on any atom is 0.241 e. The molecule has 0 bridgehead atoms. The third kappa shape index (κ3) is 1.42. The van der Waals surface area contributed by atoms with Gasteiger partial charge in [0, 0.05) is 12.3 Å². The third-order valence-corrected chi connectivity index (χ3v) is 5.39. The number of hydrogen-bond acceptors (Lipinski definition) is 3. The van der Waals surface area contributed by atoms with Crippen LogP contribution in [0, 0.1) is 10.8 Å². The van der Waals surface area contributed by atoms with Crippen molar-refractivity contribution in [3.05, 3.63) is 54.5 Å². The van der Waals surface area contributed by atoms with Crippen molar-refractivity contribution < 1.29 is 14.0 Å². The fourth-order valence-electron chi connectivity index (χ4n) is 4.18. The molecule has 4 heteroatoms. The standard InChI is InChI=1S/C18H17NO3/c1-17(2)15(13-9-6-10-22-13)18(17)11-14(20)19(16(18)21)12-7-4-3-5-8-12/h3-10,15H,11H2,1-2H3. The Hall–Kier alpha value is -2.36. The molecule has 0 radical (unpaired) electrons. The van der Waals surface area contributed by atoms with Gasteiger partial charge in [0.15, 0.2) is 0 Å². The van der Waals surface area contributed by atoms with Gasteiger partial charge in [-0.2, -0.15) is 0 Å². The summed E-state index contributed by atoms with van der Waals surface area (Å²) >= 11 is 0. The van der Waals surface area contributed by atoms with Crippen molar-refractivity contribution in [1.29, 1.82) is 0 Å². The second kappa shape index (κ2) is 4.09. The third-order valence-electron chi connectivity index (χ3n) is 5.39. The van der Waals surface area contributed by atoms with Gasteiger partial charge in [-0.1, -0.05) is 32.0 Å². The van der Waals surface area contributed by atoms with E-state index in [1.54, 1.807) is 18.4 Å². The number of carbonyl (C=O) groups excluding carboxylic acids is 2. The summed E-state index contributed by atoms with van der Waals surface area (Å²) in [4.78, 5) is 26.9. The van der Waals surface area contributed by atoms with Crippen LogP contribution in [0.3, 0.4) is 0 Å². The minimum Gasteiger partial charge on any atom is -0.469 e. The van der Waals surface area contributed by atoms with Gasteiger partial charge in [0.25, 0.3) is 0 Å². The highest BCUT2D eigenvalue weighted by atomic mass is 16.3. The summed E-state index contributed by atoms with van der Waals surface area (Å²) in [6.07, 6.45) is 1.87. The number of rotatable bonds is 2. The monoisotopic (exact) mass is 295 g/mol. The normalized spacial score (nSPS) is 29.4. The van der Waals surface area contributed by atoms with Crippen molar-refractivity contribution in [3.8, 4) is 0 Å². The number of hydrogen-bond donors (Lipinski definition) is 0. The Kier molecular flexibility index (Phi) is 2.48. The highest BCUT2D eigenvalue weighted by Gasteiger charge is 2.80. The first kappa shape index (κ1) is 13.3. The topological polar surface area (TPSA) is 50.5 Å². The first-order chi connectivity index (χ1) is 10.5. The Morgan fingerprint density at radius 3 is 2.45 bits per heavy atom. The molecule has 1 spiro atoms. The molecule has 1 saturated carbocycles. The van der Waals surface area contributed by atoms with Crippen LogP contribution >= 0.6 is 0 Å². The highest BCUT2D eigenvalue weighted by molar-refractivity contribution is 6.24. The summed E-state index contributed by atoms with van der Waals surface area (Å²) in [6, 6.07) is 12.9. The number of nitrogens with zero attached hydrogens (tertiary/aromatic N) is 1. The molecule has 1 aromatic carbocycles. The number of carbonyl (C=O) groups is 2. The van der Waals surface area contributed by atoms with Gasteiger partial charge in [0.05, 0.1) is 17.4 Å². The van der Waals surface area contributed by atoms with E-state index < -0.39 is 5.41 Å². The Bertz CT molecular complexity index is 748. The lowest BCUT2D eigenvalue weighted by molar-refractivity contribution is -0.123. The van der Waals surface area contributed by atoms with Gasteiger partial charge in [0.1, 0.15) is 5.76 Å². The van der Waals surface area contributed by atoms with Crippen molar-refractivity contribution in [2.24, 2.45) is 10.8 Å². The van der Waals surface area contributed by atoms with E-state index in [-0.39, 0.29) is 29.6 Å². The van der Waals surface area contributed by atoms with Crippen molar-refractivity contribution >= 4 is 17.5 Å². The molecule has 2 fully saturated rings. The van der Waals surface area contributed by atoms with Gasteiger partial charge in [-0.05, 0) is 29.7 Å². The Balaban J connectivity index is 1.77. The maximum absolute atomic E-state index is 13.1. The predicted molar refractivity (Wildman–Crippen MR) is 81.2 cm³/mol. The molecular weight excluding hydrogens is 278 g/mol. The molecular formula is C18H17NO3. The van der Waals surface area contributed by atoms with E-state index in [0.717, 1.165) is 5.76 Å². The zero-order chi connectivity index (χ0) is 15.5. The Morgan fingerprint density at radius 2 is 1.82 bits per heavy atom. The largest absolute Gasteiger partial charge is 0.469 e. The zero-order valence-electron chi connectivity index (χ0n) is 12.6. The molecule has 4 rings (SSSR count). The lowest BCUT2D eigenvalue weighted by atomic mass is 9.94. The molecule has 0 N–H and O–H groups in total. The summed E-state index contributed by atoms with van der Waals surface area (Å²) in [5.74, 6) is 0.523. The first-order valence-corrected chi connectivity index (χ1v) is 7.46. The van der Waals surface area contributed by atoms with Gasteiger partial charge in [0.2, 0.25) is 11.8 Å². The lowest BCUT2D eigenvalue weighted by Crippen LogP contribution is -2.32. The Labute approximate surface area is 128 Å². The number of imide groups is 1. The van der Waals surface area contributed by atoms with E-state index in [1.807, 2.05) is 44.2 Å². The van der Waals surface area contributed by atoms with Gasteiger partial charge in [-0.15, -0.1) is 0 Å². The fraction of sp³-hybridized carbons (Fsp3) is 0.333. The highest BCUT2D eigenvalue weighted by Crippen LogP contribution is 2.78. The smallest absolute Gasteiger partial charge is 0.241 e. The molecule has 1 aromatic heterocycles. The van der Waals surface area contributed by atoms with Crippen LogP contribution < -0.4 is 4.90 Å². The molecule has 2 amide bonds. The van der Waals surface area contributed by atoms with E-state index in [2.05, 4.69) is 0 Å². The molecule has 2 unspecified atom stereocenters. The predicted octanol–water partition coefficient (Wildman–Crippen LogP) is 3.35. The van der Waals surface area contributed by atoms with Crippen LogP contribution in [-0.4, -0.2) is 11.8 Å². The maximum atomic E-state index is 13.1. The van der Waals surface area contributed by atoms with Gasteiger partial charge >= 0.3 is 0 Å². The number of furan rings is 1. The van der Waals surface area contributed by atoms with Crippen LogP contribution in [0.1, 0.15) is 31.9 Å². The fourth-order valence-corrected chi connectivity index (χ4v) is 4.18. The van der Waals surface area contributed by atoms with Crippen LogP contribution in [0.15, 0.2) is 53.1 Å². The molecule has 112 valence electrons. The molecule has 1 saturated heterocycles. The summed E-state index contributed by atoms with van der Waals surface area (Å²) in [7, 11) is 0. The average Bonchev–Trinajstić information content (AvgIpc) is 2.88. The van der Waals surface area contributed by atoms with Crippen LogP contribution in [0.5, 0.6) is 0 Å². The molecule has 1 aliphatic carbocycles. The van der Waals surface area contributed by atoms with E-state index in [0.29, 0.717) is 5.69 Å². The number of para-hydroxylation sites is 1. The average molecular weight is 295 g/mol. The first-order valence-electron chi connectivity index (χ1n) is 7.46. The summed E-state index contributed by atoms with van der Waals surface area (Å²) < 4.78 is 5.52. The van der Waals surface area contributed by atoms with Gasteiger partial charge in [-0.25, -0.2) is 0 Å². The molecule has 22 heavy (non-hydrogen) atoms. The SMILES string of the molecule is CC1(C)C(c2ccco2)C12CC(=O)N(c1ccccc1)C2=O. The molecule has 2 aromatic rings. The zero-order valence-corrected chi connectivity index (χ0v) is 12.6. The van der Waals surface area contributed by atoms with Crippen LogP contribution in [0.25, 0.3) is 0 Å². The summed E-state index contributed by atoms with van der Waals surface area (Å²) in [5, 5.41) is 0. The second-order valence-electron chi connectivity index (χ2n) is 6.69. The molecule has 2 heterocycles. The van der Waals surface area contributed by atoms with Crippen molar-refractivity contribution in [1.82, 2.24) is 0 Å². The number of benzene rings is 1. The molecule has 4 nitrogen and oxygen atoms in total. The van der Waals surface area contributed by atoms with Crippen LogP contribution in [-0.2, 0) is 9.59 Å². The van der Waals surface area contributed by atoms with Crippen molar-refractivity contribution in [3.63, 3.8) is 0 Å². The second-order valence-corrected chi connectivity index (χ2v) is 6.69. The molecule has 1 aliphatic heterocycles. The van der Waals surface area contributed by atoms with Crippen LogP contribution in [0.2, 0.25) is 0 Å². The number of amides is 2. The van der Waals surface area contributed by atoms with Gasteiger partial charge < -0.3 is 4.42 Å². The summed E-state index contributed by atoms with van der Waals surface area (Å²) in [6.45, 7) is 4.08. The minimum atomic E-state index is -0.669. The van der Waals surface area contributed by atoms with E-state index >= 15 is 0 Å². The van der Waals surface area contributed by atoms with E-state index in [4.69, 9.17) is 4.42 Å². The molecule has 2 atom stereocenters. The number of anilines is 1. The minimum absolute atomic E-state index is 0.0415. The van der Waals surface area contributed by atoms with Crippen molar-refractivity contribution in [2.45, 2.75) is 26.2 Å². The van der Waals surface area contributed by atoms with E-state index in [9.17, 15) is 9.59 Å².